The number of nitrogens with zero attached hydrogens (tertiary/aromatic N) is 1. The summed E-state index contributed by atoms with van der Waals surface area (Å²) < 4.78 is 10.5. The van der Waals surface area contributed by atoms with Crippen molar-refractivity contribution in [2.45, 2.75) is 0 Å². The van der Waals surface area contributed by atoms with Gasteiger partial charge in [-0.05, 0) is 6.07 Å². The molecular weight excluding hydrogens is 366 g/mol. The van der Waals surface area contributed by atoms with Crippen LogP contribution >= 0.6 is 11.3 Å². The molecule has 1 aromatic carbocycles. The van der Waals surface area contributed by atoms with E-state index in [0.717, 1.165) is 28.8 Å². The van der Waals surface area contributed by atoms with Gasteiger partial charge in [-0.15, -0.1) is 11.3 Å². The molecule has 0 aliphatic rings. The number of hydrogen-bond donors (Lipinski definition) is 2. The third-order valence-corrected chi connectivity index (χ3v) is 4.79. The summed E-state index contributed by atoms with van der Waals surface area (Å²) in [5.74, 6) is -0.767. The van der Waals surface area contributed by atoms with Crippen molar-refractivity contribution < 1.29 is 24.0 Å². The number of quaternary nitrogens is 1. The van der Waals surface area contributed by atoms with Crippen LogP contribution in [0.15, 0.2) is 35.8 Å². The van der Waals surface area contributed by atoms with Crippen molar-refractivity contribution in [2.24, 2.45) is 0 Å². The van der Waals surface area contributed by atoms with E-state index >= 15 is 0 Å². The maximum Gasteiger partial charge on any atom is 0.357 e. The van der Waals surface area contributed by atoms with E-state index in [2.05, 4.69) is 9.97 Å². The number of esters is 1. The maximum absolute atomic E-state index is 12.7. The minimum atomic E-state index is -0.550. The number of fused-ring (bicyclic) bond motifs is 1. The first-order valence-corrected chi connectivity index (χ1v) is 9.54. The van der Waals surface area contributed by atoms with E-state index < -0.39 is 5.97 Å². The fourth-order valence-electron chi connectivity index (χ4n) is 2.49. The standard InChI is InChI=1S/C19H21N3O4S/c1-22(2)7-8-25-9-10-26-19(24)16-12-27-18(21-16)17(23)14-11-20-15-6-4-3-5-13(14)15/h3-6,11-12,20H,7-10H2,1-2H3/p+1. The Hall–Kier alpha value is -2.55. The first-order valence-electron chi connectivity index (χ1n) is 8.66. The van der Waals surface area contributed by atoms with E-state index in [4.69, 9.17) is 9.47 Å². The fourth-order valence-corrected chi connectivity index (χ4v) is 3.23. The Morgan fingerprint density at radius 3 is 2.81 bits per heavy atom. The van der Waals surface area contributed by atoms with Crippen LogP contribution in [0.4, 0.5) is 0 Å². The van der Waals surface area contributed by atoms with E-state index in [9.17, 15) is 9.59 Å². The second-order valence-corrected chi connectivity index (χ2v) is 7.18. The molecule has 0 aliphatic heterocycles. The van der Waals surface area contributed by atoms with Crippen LogP contribution in [0.5, 0.6) is 0 Å². The van der Waals surface area contributed by atoms with Crippen LogP contribution in [-0.2, 0) is 9.47 Å². The largest absolute Gasteiger partial charge is 0.458 e. The first-order chi connectivity index (χ1) is 13.1. The molecule has 2 heterocycles. The summed E-state index contributed by atoms with van der Waals surface area (Å²) in [6.07, 6.45) is 1.67. The third-order valence-electron chi connectivity index (χ3n) is 3.95. The highest BCUT2D eigenvalue weighted by atomic mass is 32.1. The van der Waals surface area contributed by atoms with Gasteiger partial charge in [-0.2, -0.15) is 0 Å². The van der Waals surface area contributed by atoms with Crippen LogP contribution in [0, 0.1) is 0 Å². The zero-order valence-corrected chi connectivity index (χ0v) is 16.1. The lowest BCUT2D eigenvalue weighted by Crippen LogP contribution is -3.06. The number of benzene rings is 1. The van der Waals surface area contributed by atoms with E-state index in [1.807, 2.05) is 38.4 Å². The van der Waals surface area contributed by atoms with Gasteiger partial charge in [0.2, 0.25) is 5.78 Å². The second kappa shape index (κ2) is 8.90. The van der Waals surface area contributed by atoms with Crippen LogP contribution in [0.3, 0.4) is 0 Å². The number of aromatic amines is 1. The summed E-state index contributed by atoms with van der Waals surface area (Å²) in [5.41, 5.74) is 1.56. The molecular formula is C19H22N3O4S+. The van der Waals surface area contributed by atoms with Crippen molar-refractivity contribution in [1.29, 1.82) is 0 Å². The molecule has 2 aromatic heterocycles. The number of rotatable bonds is 9. The number of carbonyl (C=O) groups excluding carboxylic acids is 2. The van der Waals surface area contributed by atoms with Crippen molar-refractivity contribution >= 4 is 34.0 Å². The summed E-state index contributed by atoms with van der Waals surface area (Å²) >= 11 is 1.13. The van der Waals surface area contributed by atoms with E-state index in [1.54, 1.807) is 11.6 Å². The minimum Gasteiger partial charge on any atom is -0.458 e. The summed E-state index contributed by atoms with van der Waals surface area (Å²) in [6, 6.07) is 7.55. The molecule has 8 heteroatoms. The molecule has 27 heavy (non-hydrogen) atoms. The quantitative estimate of drug-likeness (QED) is 0.327. The lowest BCUT2D eigenvalue weighted by molar-refractivity contribution is -0.858. The molecule has 2 N–H and O–H groups in total. The van der Waals surface area contributed by atoms with E-state index in [0.29, 0.717) is 18.8 Å². The van der Waals surface area contributed by atoms with Gasteiger partial charge >= 0.3 is 5.97 Å². The van der Waals surface area contributed by atoms with Crippen LogP contribution in [0.25, 0.3) is 10.9 Å². The predicted octanol–water partition coefficient (Wildman–Crippen LogP) is 1.17. The predicted molar refractivity (Wildman–Crippen MR) is 103 cm³/mol. The molecule has 142 valence electrons. The Morgan fingerprint density at radius 2 is 2.00 bits per heavy atom. The molecule has 0 saturated carbocycles. The van der Waals surface area contributed by atoms with Crippen molar-refractivity contribution in [3.05, 3.63) is 52.1 Å². The third kappa shape index (κ3) is 4.79. The molecule has 0 atom stereocenters. The number of thiazole rings is 1. The lowest BCUT2D eigenvalue weighted by Gasteiger charge is -2.07. The highest BCUT2D eigenvalue weighted by molar-refractivity contribution is 7.12. The number of carbonyl (C=O) groups is 2. The van der Waals surface area contributed by atoms with Gasteiger partial charge in [-0.3, -0.25) is 4.79 Å². The van der Waals surface area contributed by atoms with Crippen molar-refractivity contribution in [2.75, 3.05) is 40.5 Å². The van der Waals surface area contributed by atoms with Gasteiger partial charge in [0.25, 0.3) is 0 Å². The number of aromatic nitrogens is 2. The number of H-pyrrole nitrogens is 1. The molecule has 3 rings (SSSR count). The van der Waals surface area contributed by atoms with Gasteiger partial charge in [-0.25, -0.2) is 9.78 Å². The number of likely N-dealkylation sites (N-methyl/N-ethyl adjacent to an activating group) is 1. The van der Waals surface area contributed by atoms with Gasteiger partial charge < -0.3 is 19.4 Å². The zero-order chi connectivity index (χ0) is 19.2. The van der Waals surface area contributed by atoms with Crippen molar-refractivity contribution in [3.8, 4) is 0 Å². The van der Waals surface area contributed by atoms with Crippen molar-refractivity contribution in [1.82, 2.24) is 9.97 Å². The molecule has 7 nitrogen and oxygen atoms in total. The summed E-state index contributed by atoms with van der Waals surface area (Å²) in [7, 11) is 4.08. The minimum absolute atomic E-state index is 0.140. The molecule has 0 aliphatic carbocycles. The van der Waals surface area contributed by atoms with E-state index in [-0.39, 0.29) is 23.1 Å². The average Bonchev–Trinajstić information content (AvgIpc) is 3.31. The van der Waals surface area contributed by atoms with Crippen molar-refractivity contribution in [3.63, 3.8) is 0 Å². The van der Waals surface area contributed by atoms with Gasteiger partial charge in [-0.1, -0.05) is 18.2 Å². The molecule has 0 fully saturated rings. The highest BCUT2D eigenvalue weighted by Crippen LogP contribution is 2.22. The Balaban J connectivity index is 1.56. The molecule has 0 radical (unpaired) electrons. The molecule has 0 spiro atoms. The number of ether oxygens (including phenoxy) is 2. The smallest absolute Gasteiger partial charge is 0.357 e. The van der Waals surface area contributed by atoms with Gasteiger partial charge in [0, 0.05) is 22.5 Å². The van der Waals surface area contributed by atoms with E-state index in [1.165, 1.54) is 4.90 Å². The molecule has 0 saturated heterocycles. The molecule has 0 bridgehead atoms. The topological polar surface area (TPSA) is 85.7 Å². The van der Waals surface area contributed by atoms with Gasteiger partial charge in [0.1, 0.15) is 13.2 Å². The Kier molecular flexibility index (Phi) is 6.33. The van der Waals surface area contributed by atoms with Crippen LogP contribution in [-0.4, -0.2) is 62.2 Å². The molecule has 0 unspecified atom stereocenters. The van der Waals surface area contributed by atoms with Crippen LogP contribution in [0.2, 0.25) is 0 Å². The monoisotopic (exact) mass is 388 g/mol. The second-order valence-electron chi connectivity index (χ2n) is 6.32. The number of nitrogens with one attached hydrogen (secondary N) is 2. The maximum atomic E-state index is 12.7. The molecule has 0 amide bonds. The number of hydrogen-bond acceptors (Lipinski definition) is 6. The van der Waals surface area contributed by atoms with Gasteiger partial charge in [0.15, 0.2) is 10.7 Å². The van der Waals surface area contributed by atoms with Crippen LogP contribution < -0.4 is 4.90 Å². The van der Waals surface area contributed by atoms with Gasteiger partial charge in [0.05, 0.1) is 32.9 Å². The Morgan fingerprint density at radius 1 is 1.19 bits per heavy atom. The summed E-state index contributed by atoms with van der Waals surface area (Å²) in [5, 5.41) is 2.64. The Labute approximate surface area is 160 Å². The molecule has 3 aromatic rings. The highest BCUT2D eigenvalue weighted by Gasteiger charge is 2.20. The fraction of sp³-hybridized carbons (Fsp3) is 0.316. The normalized spacial score (nSPS) is 11.2. The lowest BCUT2D eigenvalue weighted by atomic mass is 10.1. The Bertz CT molecular complexity index is 932. The SMILES string of the molecule is C[NH+](C)CCOCCOC(=O)c1csc(C(=O)c2c[nH]c3ccccc23)n1. The zero-order valence-electron chi connectivity index (χ0n) is 15.3. The summed E-state index contributed by atoms with van der Waals surface area (Å²) in [6.45, 7) is 1.99. The van der Waals surface area contributed by atoms with Crippen LogP contribution in [0.1, 0.15) is 25.9 Å². The summed E-state index contributed by atoms with van der Waals surface area (Å²) in [4.78, 5) is 33.3. The number of ketones is 1. The average molecular weight is 388 g/mol. The number of para-hydroxylation sites is 1. The first kappa shape index (κ1) is 19.2.